The van der Waals surface area contributed by atoms with E-state index in [4.69, 9.17) is 0 Å². The van der Waals surface area contributed by atoms with Crippen LogP contribution < -0.4 is 10.6 Å². The molecule has 3 rings (SSSR count). The Morgan fingerprint density at radius 2 is 1.96 bits per heavy atom. The molecule has 0 radical (unpaired) electrons. The standard InChI is InChI=1S/C17H25N3O4S2/c21-16(4-6-18-17(22)13-5-9-25-10-13)19-14-11-26(23,24)12-15(14)20-7-2-1-3-8-20/h5,9-10,14-15H,1-4,6-8,11-12H2,(H,18,22)(H,19,21). The summed E-state index contributed by atoms with van der Waals surface area (Å²) in [5, 5.41) is 9.17. The van der Waals surface area contributed by atoms with E-state index in [-0.39, 0.29) is 48.4 Å². The van der Waals surface area contributed by atoms with Crippen LogP contribution in [0.4, 0.5) is 0 Å². The number of rotatable bonds is 6. The molecule has 2 N–H and O–H groups in total. The molecule has 0 saturated carbocycles. The zero-order valence-corrected chi connectivity index (χ0v) is 16.3. The summed E-state index contributed by atoms with van der Waals surface area (Å²) in [6, 6.07) is 1.23. The molecule has 1 aromatic rings. The van der Waals surface area contributed by atoms with Crippen molar-refractivity contribution in [3.8, 4) is 0 Å². The number of amides is 2. The number of nitrogens with zero attached hydrogens (tertiary/aromatic N) is 1. The van der Waals surface area contributed by atoms with E-state index in [1.165, 1.54) is 17.8 Å². The van der Waals surface area contributed by atoms with Crippen LogP contribution in [0.2, 0.25) is 0 Å². The van der Waals surface area contributed by atoms with Crippen molar-refractivity contribution in [1.82, 2.24) is 15.5 Å². The van der Waals surface area contributed by atoms with Gasteiger partial charge in [-0.3, -0.25) is 14.5 Å². The van der Waals surface area contributed by atoms with Gasteiger partial charge in [-0.25, -0.2) is 8.42 Å². The molecule has 0 bridgehead atoms. The highest BCUT2D eigenvalue weighted by atomic mass is 32.2. The molecule has 2 aliphatic rings. The SMILES string of the molecule is O=C(CCNC(=O)c1ccsc1)NC1CS(=O)(=O)CC1N1CCCCC1. The van der Waals surface area contributed by atoms with Crippen LogP contribution in [0.1, 0.15) is 36.0 Å². The second-order valence-corrected chi connectivity index (χ2v) is 9.87. The van der Waals surface area contributed by atoms with Crippen molar-refractivity contribution >= 4 is 33.0 Å². The molecule has 2 amide bonds. The first-order chi connectivity index (χ1) is 12.4. The summed E-state index contributed by atoms with van der Waals surface area (Å²) in [6.45, 7) is 2.01. The lowest BCUT2D eigenvalue weighted by Gasteiger charge is -2.35. The van der Waals surface area contributed by atoms with Gasteiger partial charge in [0.1, 0.15) is 0 Å². The highest BCUT2D eigenvalue weighted by Crippen LogP contribution is 2.22. The van der Waals surface area contributed by atoms with Gasteiger partial charge in [-0.1, -0.05) is 6.42 Å². The van der Waals surface area contributed by atoms with Crippen LogP contribution in [0, 0.1) is 0 Å². The summed E-state index contributed by atoms with van der Waals surface area (Å²) < 4.78 is 24.2. The molecule has 2 atom stereocenters. The maximum absolute atomic E-state index is 12.2. The Labute approximate surface area is 158 Å². The average molecular weight is 400 g/mol. The summed E-state index contributed by atoms with van der Waals surface area (Å²) in [5.74, 6) is -0.304. The maximum atomic E-state index is 12.2. The molecule has 3 heterocycles. The van der Waals surface area contributed by atoms with Crippen molar-refractivity contribution in [3.05, 3.63) is 22.4 Å². The molecule has 2 aliphatic heterocycles. The third-order valence-corrected chi connectivity index (χ3v) is 7.35. The van der Waals surface area contributed by atoms with E-state index in [0.717, 1.165) is 25.9 Å². The Kier molecular flexibility index (Phi) is 6.31. The van der Waals surface area contributed by atoms with Crippen molar-refractivity contribution in [2.24, 2.45) is 0 Å². The molecule has 7 nitrogen and oxygen atoms in total. The van der Waals surface area contributed by atoms with E-state index in [1.807, 2.05) is 5.38 Å². The summed E-state index contributed by atoms with van der Waals surface area (Å²) in [4.78, 5) is 26.3. The first-order valence-corrected chi connectivity index (χ1v) is 11.8. The number of thiophene rings is 1. The second-order valence-electron chi connectivity index (χ2n) is 6.93. The molecule has 0 spiro atoms. The van der Waals surface area contributed by atoms with Crippen LogP contribution in [0.25, 0.3) is 0 Å². The zero-order valence-electron chi connectivity index (χ0n) is 14.6. The predicted octanol–water partition coefficient (Wildman–Crippen LogP) is 0.636. The number of sulfone groups is 1. The summed E-state index contributed by atoms with van der Waals surface area (Å²) in [6.07, 6.45) is 3.47. The van der Waals surface area contributed by atoms with Crippen molar-refractivity contribution in [3.63, 3.8) is 0 Å². The van der Waals surface area contributed by atoms with Gasteiger partial charge in [0.25, 0.3) is 5.91 Å². The highest BCUT2D eigenvalue weighted by Gasteiger charge is 2.41. The first kappa shape index (κ1) is 19.3. The normalized spacial score (nSPS) is 25.7. The quantitative estimate of drug-likeness (QED) is 0.732. The summed E-state index contributed by atoms with van der Waals surface area (Å²) in [5.41, 5.74) is 0.586. The van der Waals surface area contributed by atoms with Crippen molar-refractivity contribution in [2.45, 2.75) is 37.8 Å². The van der Waals surface area contributed by atoms with Gasteiger partial charge in [0, 0.05) is 30.0 Å². The fraction of sp³-hybridized carbons (Fsp3) is 0.647. The lowest BCUT2D eigenvalue weighted by atomic mass is 10.0. The number of likely N-dealkylation sites (tertiary alicyclic amines) is 1. The predicted molar refractivity (Wildman–Crippen MR) is 101 cm³/mol. The van der Waals surface area contributed by atoms with E-state index < -0.39 is 9.84 Å². The minimum absolute atomic E-state index is 0.00116. The monoisotopic (exact) mass is 399 g/mol. The Morgan fingerprint density at radius 3 is 2.65 bits per heavy atom. The Hall–Kier alpha value is -1.45. The average Bonchev–Trinajstić information content (AvgIpc) is 3.23. The molecule has 9 heteroatoms. The van der Waals surface area contributed by atoms with E-state index in [1.54, 1.807) is 11.4 Å². The van der Waals surface area contributed by atoms with Crippen molar-refractivity contribution < 1.29 is 18.0 Å². The fourth-order valence-electron chi connectivity index (χ4n) is 3.64. The number of nitrogens with one attached hydrogen (secondary N) is 2. The molecule has 0 aromatic carbocycles. The first-order valence-electron chi connectivity index (χ1n) is 8.99. The minimum Gasteiger partial charge on any atom is -0.351 e. The molecule has 0 aliphatic carbocycles. The van der Waals surface area contributed by atoms with Crippen molar-refractivity contribution in [1.29, 1.82) is 0 Å². The molecule has 2 saturated heterocycles. The largest absolute Gasteiger partial charge is 0.351 e. The molecule has 26 heavy (non-hydrogen) atoms. The van der Waals surface area contributed by atoms with Gasteiger partial charge in [-0.2, -0.15) is 11.3 Å². The van der Waals surface area contributed by atoms with Gasteiger partial charge >= 0.3 is 0 Å². The van der Waals surface area contributed by atoms with Crippen LogP contribution in [0.5, 0.6) is 0 Å². The second kappa shape index (κ2) is 8.49. The summed E-state index contributed by atoms with van der Waals surface area (Å²) in [7, 11) is -3.13. The molecular formula is C17H25N3O4S2. The lowest BCUT2D eigenvalue weighted by Crippen LogP contribution is -2.52. The van der Waals surface area contributed by atoms with Gasteiger partial charge in [0.15, 0.2) is 9.84 Å². The van der Waals surface area contributed by atoms with Gasteiger partial charge in [0.2, 0.25) is 5.91 Å². The van der Waals surface area contributed by atoms with Crippen LogP contribution >= 0.6 is 11.3 Å². The van der Waals surface area contributed by atoms with Crippen LogP contribution in [-0.4, -0.2) is 68.4 Å². The van der Waals surface area contributed by atoms with E-state index >= 15 is 0 Å². The molecule has 2 fully saturated rings. The zero-order chi connectivity index (χ0) is 18.6. The molecule has 1 aromatic heterocycles. The maximum Gasteiger partial charge on any atom is 0.252 e. The number of carbonyl (C=O) groups is 2. The number of hydrogen-bond donors (Lipinski definition) is 2. The smallest absolute Gasteiger partial charge is 0.252 e. The number of carbonyl (C=O) groups excluding carboxylic acids is 2. The van der Waals surface area contributed by atoms with Gasteiger partial charge in [-0.15, -0.1) is 0 Å². The Morgan fingerprint density at radius 1 is 1.19 bits per heavy atom. The topological polar surface area (TPSA) is 95.6 Å². The van der Waals surface area contributed by atoms with Crippen molar-refractivity contribution in [2.75, 3.05) is 31.1 Å². The summed E-state index contributed by atoms with van der Waals surface area (Å²) >= 11 is 1.44. The van der Waals surface area contributed by atoms with Crippen LogP contribution in [0.3, 0.4) is 0 Å². The van der Waals surface area contributed by atoms with Gasteiger partial charge < -0.3 is 10.6 Å². The highest BCUT2D eigenvalue weighted by molar-refractivity contribution is 7.91. The van der Waals surface area contributed by atoms with E-state index in [0.29, 0.717) is 5.56 Å². The lowest BCUT2D eigenvalue weighted by molar-refractivity contribution is -0.121. The van der Waals surface area contributed by atoms with Gasteiger partial charge in [-0.05, 0) is 37.4 Å². The van der Waals surface area contributed by atoms with Crippen LogP contribution in [-0.2, 0) is 14.6 Å². The van der Waals surface area contributed by atoms with Crippen LogP contribution in [0.15, 0.2) is 16.8 Å². The molecule has 144 valence electrons. The number of hydrogen-bond acceptors (Lipinski definition) is 6. The third kappa shape index (κ3) is 5.05. The number of piperidine rings is 1. The fourth-order valence-corrected chi connectivity index (χ4v) is 6.23. The van der Waals surface area contributed by atoms with E-state index in [2.05, 4.69) is 15.5 Å². The minimum atomic E-state index is -3.13. The Balaban J connectivity index is 1.49. The van der Waals surface area contributed by atoms with Gasteiger partial charge in [0.05, 0.1) is 17.5 Å². The molecule has 2 unspecified atom stereocenters. The third-order valence-electron chi connectivity index (χ3n) is 4.95. The van der Waals surface area contributed by atoms with E-state index in [9.17, 15) is 18.0 Å². The Bertz CT molecular complexity index is 727. The molecular weight excluding hydrogens is 374 g/mol.